The summed E-state index contributed by atoms with van der Waals surface area (Å²) < 4.78 is 13.2. The average molecular weight is 485 g/mol. The average Bonchev–Trinajstić information content (AvgIpc) is 3.40. The van der Waals surface area contributed by atoms with Gasteiger partial charge in [0.2, 0.25) is 5.95 Å². The molecule has 0 unspecified atom stereocenters. The Labute approximate surface area is 204 Å². The van der Waals surface area contributed by atoms with Crippen molar-refractivity contribution in [1.29, 1.82) is 0 Å². The normalized spacial score (nSPS) is 18.0. The first-order chi connectivity index (χ1) is 16.1. The minimum Gasteiger partial charge on any atom is -0.447 e. The van der Waals surface area contributed by atoms with E-state index in [4.69, 9.17) is 21.1 Å². The van der Waals surface area contributed by atoms with Crippen molar-refractivity contribution >= 4 is 29.5 Å². The van der Waals surface area contributed by atoms with E-state index in [1.165, 1.54) is 4.90 Å². The predicted octanol–water partition coefficient (Wildman–Crippen LogP) is 5.02. The number of rotatable bonds is 7. The molecule has 1 aromatic carbocycles. The summed E-state index contributed by atoms with van der Waals surface area (Å²) in [4.78, 5) is 23.0. The number of aromatic nitrogens is 4. The van der Waals surface area contributed by atoms with E-state index in [1.807, 2.05) is 65.1 Å². The van der Waals surface area contributed by atoms with Gasteiger partial charge in [0.1, 0.15) is 18.5 Å². The van der Waals surface area contributed by atoms with Gasteiger partial charge in [-0.1, -0.05) is 11.6 Å². The first kappa shape index (κ1) is 24.0. The van der Waals surface area contributed by atoms with E-state index < -0.39 is 6.09 Å². The first-order valence-electron chi connectivity index (χ1n) is 11.1. The summed E-state index contributed by atoms with van der Waals surface area (Å²) in [7, 11) is 0. The highest BCUT2D eigenvalue weighted by molar-refractivity contribution is 6.30. The fourth-order valence-corrected chi connectivity index (χ4v) is 3.93. The van der Waals surface area contributed by atoms with Crippen LogP contribution < -0.4 is 10.2 Å². The summed E-state index contributed by atoms with van der Waals surface area (Å²) in [5.41, 5.74) is 1.52. The Kier molecular flexibility index (Phi) is 6.77. The zero-order valence-electron chi connectivity index (χ0n) is 19.9. The number of benzene rings is 1. The van der Waals surface area contributed by atoms with Crippen LogP contribution in [0.1, 0.15) is 46.2 Å². The molecule has 1 aliphatic rings. The quantitative estimate of drug-likeness (QED) is 0.503. The molecule has 9 nitrogen and oxygen atoms in total. The molecule has 3 atom stereocenters. The van der Waals surface area contributed by atoms with Crippen LogP contribution in [0, 0.1) is 0 Å². The molecule has 1 N–H and O–H groups in total. The lowest BCUT2D eigenvalue weighted by Gasteiger charge is -2.31. The van der Waals surface area contributed by atoms with Gasteiger partial charge in [-0.15, -0.1) is 0 Å². The van der Waals surface area contributed by atoms with Gasteiger partial charge in [-0.2, -0.15) is 10.1 Å². The molecular formula is C24H29ClN6O3. The summed E-state index contributed by atoms with van der Waals surface area (Å²) in [6.45, 7) is 10.1. The van der Waals surface area contributed by atoms with Crippen LogP contribution in [0.15, 0.2) is 48.9 Å². The van der Waals surface area contributed by atoms with Crippen molar-refractivity contribution in [2.24, 2.45) is 0 Å². The van der Waals surface area contributed by atoms with Crippen molar-refractivity contribution in [3.8, 4) is 5.69 Å². The Balaban J connectivity index is 1.49. The second-order valence-corrected chi connectivity index (χ2v) is 9.69. The van der Waals surface area contributed by atoms with E-state index in [0.717, 1.165) is 11.3 Å². The molecule has 3 heterocycles. The standard InChI is InChI=1S/C24H29ClN6O3/c1-15(17-12-27-30(13-17)19-8-6-18(25)7-9-19)28-22-26-11-10-21(29-22)31-20(14-33-23(31)32)16(2)34-24(3,4)5/h6-13,15-16,20H,14H2,1-5H3,(H,26,28,29)/t15-,16+,20+/m0/s1. The Morgan fingerprint density at radius 3 is 2.65 bits per heavy atom. The molecule has 1 fully saturated rings. The summed E-state index contributed by atoms with van der Waals surface area (Å²) in [6, 6.07) is 8.73. The Morgan fingerprint density at radius 2 is 1.94 bits per heavy atom. The zero-order valence-corrected chi connectivity index (χ0v) is 20.7. The smallest absolute Gasteiger partial charge is 0.416 e. The van der Waals surface area contributed by atoms with Crippen molar-refractivity contribution in [2.45, 2.75) is 58.4 Å². The molecular weight excluding hydrogens is 456 g/mol. The van der Waals surface area contributed by atoms with Gasteiger partial charge < -0.3 is 14.8 Å². The van der Waals surface area contributed by atoms with Crippen molar-refractivity contribution < 1.29 is 14.3 Å². The number of ether oxygens (including phenoxy) is 2. The van der Waals surface area contributed by atoms with Crippen molar-refractivity contribution in [2.75, 3.05) is 16.8 Å². The van der Waals surface area contributed by atoms with Crippen LogP contribution in [0.5, 0.6) is 0 Å². The molecule has 0 radical (unpaired) electrons. The number of nitrogens with zero attached hydrogens (tertiary/aromatic N) is 5. The van der Waals surface area contributed by atoms with E-state index in [2.05, 4.69) is 20.4 Å². The number of halogens is 1. The van der Waals surface area contributed by atoms with Gasteiger partial charge in [-0.05, 0) is 65.0 Å². The number of amides is 1. The largest absolute Gasteiger partial charge is 0.447 e. The molecule has 180 valence electrons. The highest BCUT2D eigenvalue weighted by Gasteiger charge is 2.40. The summed E-state index contributed by atoms with van der Waals surface area (Å²) in [5, 5.41) is 8.40. The Bertz CT molecular complexity index is 1140. The van der Waals surface area contributed by atoms with Crippen LogP contribution in [-0.4, -0.2) is 50.2 Å². The lowest BCUT2D eigenvalue weighted by atomic mass is 10.1. The number of cyclic esters (lactones) is 1. The maximum Gasteiger partial charge on any atom is 0.416 e. The van der Waals surface area contributed by atoms with Gasteiger partial charge in [0.15, 0.2) is 0 Å². The molecule has 0 aliphatic carbocycles. The van der Waals surface area contributed by atoms with E-state index in [1.54, 1.807) is 23.1 Å². The van der Waals surface area contributed by atoms with E-state index in [-0.39, 0.29) is 30.4 Å². The number of hydrogen-bond donors (Lipinski definition) is 1. The molecule has 1 amide bonds. The van der Waals surface area contributed by atoms with Crippen LogP contribution in [0.2, 0.25) is 5.02 Å². The van der Waals surface area contributed by atoms with Crippen molar-refractivity contribution in [3.63, 3.8) is 0 Å². The fraction of sp³-hybridized carbons (Fsp3) is 0.417. The van der Waals surface area contributed by atoms with Crippen LogP contribution in [0.4, 0.5) is 16.6 Å². The molecule has 4 rings (SSSR count). The highest BCUT2D eigenvalue weighted by atomic mass is 35.5. The summed E-state index contributed by atoms with van der Waals surface area (Å²) in [5.74, 6) is 0.852. The lowest BCUT2D eigenvalue weighted by Crippen LogP contribution is -2.45. The Hall–Kier alpha value is -3.17. The van der Waals surface area contributed by atoms with Gasteiger partial charge >= 0.3 is 6.09 Å². The SMILES string of the molecule is C[C@H](Nc1nccc(N2C(=O)OC[C@@H]2[C@@H](C)OC(C)(C)C)n1)c1cnn(-c2ccc(Cl)cc2)c1. The third-order valence-corrected chi connectivity index (χ3v) is 5.67. The van der Waals surface area contributed by atoms with Gasteiger partial charge in [-0.3, -0.25) is 4.90 Å². The number of nitrogens with one attached hydrogen (secondary N) is 1. The van der Waals surface area contributed by atoms with E-state index >= 15 is 0 Å². The fourth-order valence-electron chi connectivity index (χ4n) is 3.81. The lowest BCUT2D eigenvalue weighted by molar-refractivity contribution is -0.0618. The first-order valence-corrected chi connectivity index (χ1v) is 11.5. The molecule has 34 heavy (non-hydrogen) atoms. The van der Waals surface area contributed by atoms with Crippen molar-refractivity contribution in [3.05, 3.63) is 59.5 Å². The van der Waals surface area contributed by atoms with E-state index in [0.29, 0.717) is 16.8 Å². The van der Waals surface area contributed by atoms with Gasteiger partial charge in [0, 0.05) is 23.0 Å². The maximum absolute atomic E-state index is 12.5. The zero-order chi connectivity index (χ0) is 24.5. The topological polar surface area (TPSA) is 94.4 Å². The molecule has 0 saturated carbocycles. The van der Waals surface area contributed by atoms with Crippen molar-refractivity contribution in [1.82, 2.24) is 19.7 Å². The van der Waals surface area contributed by atoms with Gasteiger partial charge in [0.05, 0.1) is 29.6 Å². The van der Waals surface area contributed by atoms with Crippen LogP contribution in [0.25, 0.3) is 5.69 Å². The number of carbonyl (C=O) groups is 1. The minimum atomic E-state index is -0.448. The second kappa shape index (κ2) is 9.60. The minimum absolute atomic E-state index is 0.124. The maximum atomic E-state index is 12.5. The van der Waals surface area contributed by atoms with Crippen LogP contribution in [0.3, 0.4) is 0 Å². The second-order valence-electron chi connectivity index (χ2n) is 9.25. The number of hydrogen-bond acceptors (Lipinski definition) is 7. The predicted molar refractivity (Wildman–Crippen MR) is 131 cm³/mol. The monoisotopic (exact) mass is 484 g/mol. The molecule has 0 bridgehead atoms. The van der Waals surface area contributed by atoms with Gasteiger partial charge in [-0.25, -0.2) is 14.5 Å². The van der Waals surface area contributed by atoms with Gasteiger partial charge in [0.25, 0.3) is 0 Å². The molecule has 3 aromatic rings. The molecule has 10 heteroatoms. The van der Waals surface area contributed by atoms with E-state index in [9.17, 15) is 4.79 Å². The number of carbonyl (C=O) groups excluding carboxylic acids is 1. The number of anilines is 2. The Morgan fingerprint density at radius 1 is 1.21 bits per heavy atom. The van der Waals surface area contributed by atoms with Crippen LogP contribution in [-0.2, 0) is 9.47 Å². The summed E-state index contributed by atoms with van der Waals surface area (Å²) in [6.07, 6.45) is 4.65. The molecule has 2 aromatic heterocycles. The molecule has 1 aliphatic heterocycles. The highest BCUT2D eigenvalue weighted by Crippen LogP contribution is 2.27. The molecule has 1 saturated heterocycles. The third kappa shape index (κ3) is 5.48. The molecule has 0 spiro atoms. The van der Waals surface area contributed by atoms with Crippen LogP contribution >= 0.6 is 11.6 Å². The summed E-state index contributed by atoms with van der Waals surface area (Å²) >= 11 is 5.98. The third-order valence-electron chi connectivity index (χ3n) is 5.41.